The molecule has 6 heteroatoms. The van der Waals surface area contributed by atoms with Gasteiger partial charge in [-0.05, 0) is 54.3 Å². The number of amides is 1. The summed E-state index contributed by atoms with van der Waals surface area (Å²) in [5.74, 6) is -0.883. The van der Waals surface area contributed by atoms with Crippen molar-refractivity contribution in [2.24, 2.45) is 11.8 Å². The number of hydrogen-bond donors (Lipinski definition) is 2. The summed E-state index contributed by atoms with van der Waals surface area (Å²) in [6, 6.07) is 14.4. The number of carboxylic acids is 1. The Kier molecular flexibility index (Phi) is 6.14. The largest absolute Gasteiger partial charge is 0.481 e. The minimum Gasteiger partial charge on any atom is -0.481 e. The van der Waals surface area contributed by atoms with Crippen LogP contribution in [-0.4, -0.2) is 35.0 Å². The highest BCUT2D eigenvalue weighted by atomic mass is 35.5. The van der Waals surface area contributed by atoms with Gasteiger partial charge in [0.05, 0.1) is 5.92 Å². The number of carbonyl (C=O) groups is 2. The van der Waals surface area contributed by atoms with Gasteiger partial charge in [-0.25, -0.2) is 0 Å². The zero-order valence-electron chi connectivity index (χ0n) is 15.2. The summed E-state index contributed by atoms with van der Waals surface area (Å²) < 4.78 is 0. The molecular formula is C21H23ClN2O3. The van der Waals surface area contributed by atoms with Gasteiger partial charge in [0.2, 0.25) is 0 Å². The average molecular weight is 387 g/mol. The Morgan fingerprint density at radius 2 is 1.93 bits per heavy atom. The topological polar surface area (TPSA) is 69.6 Å². The fraction of sp³-hybridized carbons (Fsp3) is 0.333. The molecule has 1 heterocycles. The lowest BCUT2D eigenvalue weighted by Crippen LogP contribution is -2.41. The molecule has 2 atom stereocenters. The first kappa shape index (κ1) is 19.4. The van der Waals surface area contributed by atoms with Crippen LogP contribution < -0.4 is 5.32 Å². The maximum absolute atomic E-state index is 12.4. The lowest BCUT2D eigenvalue weighted by molar-refractivity contribution is -0.144. The van der Waals surface area contributed by atoms with Gasteiger partial charge >= 0.3 is 5.97 Å². The molecule has 142 valence electrons. The second-order valence-electron chi connectivity index (χ2n) is 7.23. The van der Waals surface area contributed by atoms with Crippen molar-refractivity contribution in [1.82, 2.24) is 4.90 Å². The van der Waals surface area contributed by atoms with Crippen molar-refractivity contribution in [3.8, 4) is 0 Å². The van der Waals surface area contributed by atoms with E-state index in [0.29, 0.717) is 35.3 Å². The van der Waals surface area contributed by atoms with Gasteiger partial charge in [-0.2, -0.15) is 0 Å². The van der Waals surface area contributed by atoms with E-state index in [-0.39, 0.29) is 11.8 Å². The Morgan fingerprint density at radius 3 is 2.63 bits per heavy atom. The predicted molar refractivity (Wildman–Crippen MR) is 106 cm³/mol. The number of carboxylic acid groups (broad SMARTS) is 1. The third kappa shape index (κ3) is 5.31. The van der Waals surface area contributed by atoms with Gasteiger partial charge in [-0.1, -0.05) is 30.7 Å². The number of halogens is 1. The Bertz CT molecular complexity index is 822. The summed E-state index contributed by atoms with van der Waals surface area (Å²) in [4.78, 5) is 25.9. The number of benzene rings is 2. The molecule has 0 aliphatic carbocycles. The van der Waals surface area contributed by atoms with E-state index in [4.69, 9.17) is 11.6 Å². The highest BCUT2D eigenvalue weighted by Crippen LogP contribution is 2.24. The fourth-order valence-corrected chi connectivity index (χ4v) is 3.71. The van der Waals surface area contributed by atoms with E-state index in [1.54, 1.807) is 24.3 Å². The Hall–Kier alpha value is -2.37. The maximum atomic E-state index is 12.4. The van der Waals surface area contributed by atoms with Crippen molar-refractivity contribution < 1.29 is 14.7 Å². The molecule has 5 nitrogen and oxygen atoms in total. The standard InChI is InChI=1S/C21H23ClN2O3/c1-14-9-17(21(26)27)13-24(11-14)12-15-3-2-4-19(10-15)23-20(25)16-5-7-18(22)8-6-16/h2-8,10,14,17H,9,11-13H2,1H3,(H,23,25)(H,26,27). The second kappa shape index (κ2) is 8.55. The molecule has 1 aliphatic heterocycles. The molecule has 2 aromatic carbocycles. The molecule has 0 saturated carbocycles. The molecule has 1 saturated heterocycles. The van der Waals surface area contributed by atoms with Crippen molar-refractivity contribution in [1.29, 1.82) is 0 Å². The molecule has 2 N–H and O–H groups in total. The van der Waals surface area contributed by atoms with Crippen LogP contribution in [0.25, 0.3) is 0 Å². The zero-order valence-corrected chi connectivity index (χ0v) is 15.9. The lowest BCUT2D eigenvalue weighted by atomic mass is 9.90. The number of likely N-dealkylation sites (tertiary alicyclic amines) is 1. The normalized spacial score (nSPS) is 20.2. The number of nitrogens with zero attached hydrogens (tertiary/aromatic N) is 1. The minimum atomic E-state index is -0.726. The van der Waals surface area contributed by atoms with Gasteiger partial charge in [0.15, 0.2) is 0 Å². The number of rotatable bonds is 5. The van der Waals surface area contributed by atoms with Gasteiger partial charge in [0.1, 0.15) is 0 Å². The molecule has 0 bridgehead atoms. The fourth-order valence-electron chi connectivity index (χ4n) is 3.58. The highest BCUT2D eigenvalue weighted by molar-refractivity contribution is 6.30. The first-order valence-corrected chi connectivity index (χ1v) is 9.39. The molecule has 1 aliphatic rings. The third-order valence-corrected chi connectivity index (χ3v) is 5.03. The van der Waals surface area contributed by atoms with Crippen LogP contribution in [0.2, 0.25) is 5.02 Å². The number of nitrogens with one attached hydrogen (secondary N) is 1. The molecule has 27 heavy (non-hydrogen) atoms. The molecule has 2 aromatic rings. The Labute approximate surface area is 163 Å². The van der Waals surface area contributed by atoms with E-state index < -0.39 is 5.97 Å². The van der Waals surface area contributed by atoms with Gasteiger partial charge in [0.25, 0.3) is 5.91 Å². The Balaban J connectivity index is 1.65. The number of anilines is 1. The van der Waals surface area contributed by atoms with Crippen LogP contribution in [0.15, 0.2) is 48.5 Å². The zero-order chi connectivity index (χ0) is 19.4. The third-order valence-electron chi connectivity index (χ3n) is 4.78. The van der Waals surface area contributed by atoms with Crippen molar-refractivity contribution in [3.05, 3.63) is 64.7 Å². The molecule has 3 rings (SSSR count). The van der Waals surface area contributed by atoms with Gasteiger partial charge in [-0.3, -0.25) is 14.5 Å². The number of aliphatic carboxylic acids is 1. The molecule has 0 spiro atoms. The number of piperidine rings is 1. The monoisotopic (exact) mass is 386 g/mol. The summed E-state index contributed by atoms with van der Waals surface area (Å²) >= 11 is 5.86. The second-order valence-corrected chi connectivity index (χ2v) is 7.67. The summed E-state index contributed by atoms with van der Waals surface area (Å²) in [5.41, 5.74) is 2.30. The van der Waals surface area contributed by atoms with Crippen LogP contribution in [0.5, 0.6) is 0 Å². The van der Waals surface area contributed by atoms with Crippen LogP contribution in [0.1, 0.15) is 29.3 Å². The smallest absolute Gasteiger partial charge is 0.307 e. The van der Waals surface area contributed by atoms with Crippen molar-refractivity contribution >= 4 is 29.2 Å². The van der Waals surface area contributed by atoms with Crippen LogP contribution in [0, 0.1) is 11.8 Å². The van der Waals surface area contributed by atoms with E-state index in [9.17, 15) is 14.7 Å². The van der Waals surface area contributed by atoms with Crippen molar-refractivity contribution in [2.45, 2.75) is 19.9 Å². The van der Waals surface area contributed by atoms with Crippen molar-refractivity contribution in [3.63, 3.8) is 0 Å². The van der Waals surface area contributed by atoms with E-state index in [1.807, 2.05) is 24.3 Å². The number of hydrogen-bond acceptors (Lipinski definition) is 3. The summed E-state index contributed by atoms with van der Waals surface area (Å²) in [7, 11) is 0. The van der Waals surface area contributed by atoms with Crippen molar-refractivity contribution in [2.75, 3.05) is 18.4 Å². The van der Waals surface area contributed by atoms with Gasteiger partial charge in [-0.15, -0.1) is 0 Å². The first-order chi connectivity index (χ1) is 12.9. The summed E-state index contributed by atoms with van der Waals surface area (Å²) in [6.07, 6.45) is 0.725. The highest BCUT2D eigenvalue weighted by Gasteiger charge is 2.29. The average Bonchev–Trinajstić information content (AvgIpc) is 2.62. The SMILES string of the molecule is CC1CC(C(=O)O)CN(Cc2cccc(NC(=O)c3ccc(Cl)cc3)c2)C1. The molecule has 0 aromatic heterocycles. The Morgan fingerprint density at radius 1 is 1.19 bits per heavy atom. The first-order valence-electron chi connectivity index (χ1n) is 9.01. The van der Waals surface area contributed by atoms with Crippen LogP contribution in [0.4, 0.5) is 5.69 Å². The predicted octanol–water partition coefficient (Wildman–Crippen LogP) is 4.13. The van der Waals surface area contributed by atoms with Gasteiger partial charge < -0.3 is 10.4 Å². The van der Waals surface area contributed by atoms with E-state index in [1.165, 1.54) is 0 Å². The minimum absolute atomic E-state index is 0.193. The van der Waals surface area contributed by atoms with E-state index >= 15 is 0 Å². The van der Waals surface area contributed by atoms with E-state index in [2.05, 4.69) is 17.1 Å². The maximum Gasteiger partial charge on any atom is 0.307 e. The van der Waals surface area contributed by atoms with Crippen LogP contribution >= 0.6 is 11.6 Å². The summed E-state index contributed by atoms with van der Waals surface area (Å²) in [5, 5.41) is 12.8. The van der Waals surface area contributed by atoms with Gasteiger partial charge in [0, 0.05) is 35.9 Å². The molecule has 2 unspecified atom stereocenters. The molecule has 1 fully saturated rings. The lowest BCUT2D eigenvalue weighted by Gasteiger charge is -2.34. The van der Waals surface area contributed by atoms with Crippen LogP contribution in [0.3, 0.4) is 0 Å². The quantitative estimate of drug-likeness (QED) is 0.810. The molecular weight excluding hydrogens is 364 g/mol. The number of carbonyl (C=O) groups excluding carboxylic acids is 1. The summed E-state index contributed by atoms with van der Waals surface area (Å²) in [6.45, 7) is 4.19. The van der Waals surface area contributed by atoms with E-state index in [0.717, 1.165) is 18.5 Å². The molecule has 1 amide bonds. The molecule has 0 radical (unpaired) electrons. The van der Waals surface area contributed by atoms with Crippen LogP contribution in [-0.2, 0) is 11.3 Å².